The van der Waals surface area contributed by atoms with Gasteiger partial charge in [0.25, 0.3) is 0 Å². The first-order valence-corrected chi connectivity index (χ1v) is 7.43. The smallest absolute Gasteiger partial charge is 0.251 e. The van der Waals surface area contributed by atoms with Gasteiger partial charge in [0.1, 0.15) is 0 Å². The minimum absolute atomic E-state index is 0. The summed E-state index contributed by atoms with van der Waals surface area (Å²) in [5, 5.41) is 0. The van der Waals surface area contributed by atoms with Gasteiger partial charge in [0.2, 0.25) is 0 Å². The van der Waals surface area contributed by atoms with Crippen molar-refractivity contribution in [1.29, 1.82) is 0 Å². The van der Waals surface area contributed by atoms with Gasteiger partial charge < -0.3 is 0 Å². The Bertz CT molecular complexity index is 776. The Morgan fingerprint density at radius 1 is 0.630 bits per heavy atom. The number of halogens is 6. The third kappa shape index (κ3) is 5.67. The van der Waals surface area contributed by atoms with Gasteiger partial charge in [-0.3, -0.25) is 9.98 Å². The zero-order chi connectivity index (χ0) is 19.5. The maximum absolute atomic E-state index is 13.0. The standard InChI is InChI=1S/C18H14F6N2.CH4/c1-11(25-15-9-5-3-7-13(15)17(19,20)21)12(2)26-16-10-6-4-8-14(16)18(22,23)24;/h3-10H,1-2H3;1H4. The molecule has 0 radical (unpaired) electrons. The van der Waals surface area contributed by atoms with Gasteiger partial charge in [-0.2, -0.15) is 26.3 Å². The first-order valence-electron chi connectivity index (χ1n) is 7.43. The van der Waals surface area contributed by atoms with Crippen LogP contribution in [0.5, 0.6) is 0 Å². The highest BCUT2D eigenvalue weighted by molar-refractivity contribution is 6.41. The number of para-hydroxylation sites is 2. The zero-order valence-corrected chi connectivity index (χ0v) is 13.8. The molecule has 2 aromatic carbocycles. The molecule has 2 aromatic rings. The fraction of sp³-hybridized carbons (Fsp3) is 0.263. The van der Waals surface area contributed by atoms with Crippen LogP contribution >= 0.6 is 0 Å². The molecule has 0 spiro atoms. The van der Waals surface area contributed by atoms with Gasteiger partial charge in [-0.25, -0.2) is 0 Å². The molecule has 0 aliphatic carbocycles. The molecule has 0 aliphatic heterocycles. The Morgan fingerprint density at radius 3 is 1.22 bits per heavy atom. The number of alkyl halides is 6. The highest BCUT2D eigenvalue weighted by atomic mass is 19.4. The van der Waals surface area contributed by atoms with Crippen LogP contribution in [0.3, 0.4) is 0 Å². The molecule has 0 heterocycles. The van der Waals surface area contributed by atoms with Gasteiger partial charge in [-0.05, 0) is 38.1 Å². The lowest BCUT2D eigenvalue weighted by atomic mass is 10.1. The van der Waals surface area contributed by atoms with Crippen molar-refractivity contribution >= 4 is 22.8 Å². The van der Waals surface area contributed by atoms with Crippen molar-refractivity contribution < 1.29 is 26.3 Å². The summed E-state index contributed by atoms with van der Waals surface area (Å²) in [7, 11) is 0. The summed E-state index contributed by atoms with van der Waals surface area (Å²) in [6.45, 7) is 2.78. The van der Waals surface area contributed by atoms with Crippen LogP contribution in [0.15, 0.2) is 58.5 Å². The fourth-order valence-electron chi connectivity index (χ4n) is 2.14. The topological polar surface area (TPSA) is 24.7 Å². The maximum atomic E-state index is 13.0. The minimum Gasteiger partial charge on any atom is -0.251 e. The third-order valence-corrected chi connectivity index (χ3v) is 3.52. The molecule has 0 bridgehead atoms. The van der Waals surface area contributed by atoms with Crippen LogP contribution in [0.25, 0.3) is 0 Å². The minimum atomic E-state index is -4.59. The maximum Gasteiger partial charge on any atom is 0.418 e. The second-order valence-electron chi connectivity index (χ2n) is 5.42. The fourth-order valence-corrected chi connectivity index (χ4v) is 2.14. The number of rotatable bonds is 3. The molecule has 0 unspecified atom stereocenters. The Balaban J connectivity index is 0.00000364. The SMILES string of the molecule is C.CC(=Nc1ccccc1C(F)(F)F)C(C)=Nc1ccccc1C(F)(F)F. The average Bonchev–Trinajstić information content (AvgIpc) is 2.53. The molecule has 8 heteroatoms. The summed E-state index contributed by atoms with van der Waals surface area (Å²) in [6.07, 6.45) is -9.18. The first-order chi connectivity index (χ1) is 12.0. The van der Waals surface area contributed by atoms with Gasteiger partial charge in [0, 0.05) is 0 Å². The molecule has 0 aromatic heterocycles. The van der Waals surface area contributed by atoms with Crippen molar-refractivity contribution in [3.63, 3.8) is 0 Å². The van der Waals surface area contributed by atoms with Crippen molar-refractivity contribution in [3.8, 4) is 0 Å². The number of nitrogens with zero attached hydrogens (tertiary/aromatic N) is 2. The largest absolute Gasteiger partial charge is 0.418 e. The zero-order valence-electron chi connectivity index (χ0n) is 13.8. The molecular formula is C19H18F6N2. The Labute approximate surface area is 153 Å². The highest BCUT2D eigenvalue weighted by Crippen LogP contribution is 2.37. The second-order valence-corrected chi connectivity index (χ2v) is 5.42. The third-order valence-electron chi connectivity index (χ3n) is 3.52. The molecule has 0 N–H and O–H groups in total. The number of aliphatic imine (C=N–C) groups is 2. The van der Waals surface area contributed by atoms with Gasteiger partial charge in [-0.1, -0.05) is 31.7 Å². The van der Waals surface area contributed by atoms with Gasteiger partial charge in [0.05, 0.1) is 33.9 Å². The van der Waals surface area contributed by atoms with Crippen molar-refractivity contribution in [1.82, 2.24) is 0 Å². The van der Waals surface area contributed by atoms with Crippen LogP contribution in [0.4, 0.5) is 37.7 Å². The van der Waals surface area contributed by atoms with Crippen LogP contribution < -0.4 is 0 Å². The number of hydrogen-bond donors (Lipinski definition) is 0. The van der Waals surface area contributed by atoms with E-state index in [1.807, 2.05) is 0 Å². The van der Waals surface area contributed by atoms with Crippen molar-refractivity contribution in [2.75, 3.05) is 0 Å². The van der Waals surface area contributed by atoms with E-state index in [2.05, 4.69) is 9.98 Å². The molecule has 0 atom stereocenters. The van der Waals surface area contributed by atoms with Crippen molar-refractivity contribution in [3.05, 3.63) is 59.7 Å². The normalized spacial score (nSPS) is 13.3. The second kappa shape index (κ2) is 8.37. The van der Waals surface area contributed by atoms with E-state index in [9.17, 15) is 26.3 Å². The molecule has 0 amide bonds. The van der Waals surface area contributed by atoms with E-state index in [0.29, 0.717) is 0 Å². The van der Waals surface area contributed by atoms with Gasteiger partial charge in [0.15, 0.2) is 0 Å². The Kier molecular flexibility index (Phi) is 6.94. The van der Waals surface area contributed by atoms with E-state index in [1.165, 1.54) is 50.2 Å². The van der Waals surface area contributed by atoms with Crippen molar-refractivity contribution in [2.45, 2.75) is 33.6 Å². The Hall–Kier alpha value is -2.64. The predicted octanol–water partition coefficient (Wildman–Crippen LogP) is 7.25. The monoisotopic (exact) mass is 388 g/mol. The van der Waals surface area contributed by atoms with Crippen LogP contribution in [0, 0.1) is 0 Å². The molecule has 0 fully saturated rings. The summed E-state index contributed by atoms with van der Waals surface area (Å²) in [5.74, 6) is 0. The molecule has 0 saturated carbocycles. The van der Waals surface area contributed by atoms with Crippen LogP contribution in [0.2, 0.25) is 0 Å². The summed E-state index contributed by atoms with van der Waals surface area (Å²) < 4.78 is 78.0. The van der Waals surface area contributed by atoms with Gasteiger partial charge in [-0.15, -0.1) is 0 Å². The lowest BCUT2D eigenvalue weighted by molar-refractivity contribution is -0.137. The van der Waals surface area contributed by atoms with Crippen LogP contribution in [0.1, 0.15) is 32.4 Å². The predicted molar refractivity (Wildman–Crippen MR) is 95.2 cm³/mol. The van der Waals surface area contributed by atoms with Crippen LogP contribution in [-0.2, 0) is 12.4 Å². The summed E-state index contributed by atoms with van der Waals surface area (Å²) in [4.78, 5) is 7.80. The summed E-state index contributed by atoms with van der Waals surface area (Å²) in [6, 6.07) is 9.40. The first kappa shape index (κ1) is 22.4. The summed E-state index contributed by atoms with van der Waals surface area (Å²) in [5.41, 5.74) is -2.34. The van der Waals surface area contributed by atoms with E-state index >= 15 is 0 Å². The molecule has 27 heavy (non-hydrogen) atoms. The Morgan fingerprint density at radius 2 is 0.926 bits per heavy atom. The lowest BCUT2D eigenvalue weighted by Crippen LogP contribution is -2.09. The highest BCUT2D eigenvalue weighted by Gasteiger charge is 2.34. The van der Waals surface area contributed by atoms with Gasteiger partial charge >= 0.3 is 12.4 Å². The number of benzene rings is 2. The molecule has 2 nitrogen and oxygen atoms in total. The number of hydrogen-bond acceptors (Lipinski definition) is 2. The molecule has 0 aliphatic rings. The van der Waals surface area contributed by atoms with Crippen LogP contribution in [-0.4, -0.2) is 11.4 Å². The molecule has 146 valence electrons. The van der Waals surface area contributed by atoms with E-state index < -0.39 is 23.5 Å². The van der Waals surface area contributed by atoms with E-state index in [-0.39, 0.29) is 30.2 Å². The average molecular weight is 388 g/mol. The summed E-state index contributed by atoms with van der Waals surface area (Å²) >= 11 is 0. The van der Waals surface area contributed by atoms with E-state index in [4.69, 9.17) is 0 Å². The lowest BCUT2D eigenvalue weighted by Gasteiger charge is -2.11. The van der Waals surface area contributed by atoms with E-state index in [1.54, 1.807) is 0 Å². The molecular weight excluding hydrogens is 370 g/mol. The quantitative estimate of drug-likeness (QED) is 0.391. The molecule has 2 rings (SSSR count). The van der Waals surface area contributed by atoms with E-state index in [0.717, 1.165) is 12.1 Å². The molecule has 0 saturated heterocycles. The van der Waals surface area contributed by atoms with Crippen molar-refractivity contribution in [2.24, 2.45) is 9.98 Å².